The van der Waals surface area contributed by atoms with Gasteiger partial charge < -0.3 is 5.73 Å². The predicted molar refractivity (Wildman–Crippen MR) is 78.9 cm³/mol. The van der Waals surface area contributed by atoms with Gasteiger partial charge in [-0.1, -0.05) is 22.0 Å². The van der Waals surface area contributed by atoms with Crippen molar-refractivity contribution in [2.24, 2.45) is 0 Å². The molecule has 19 heavy (non-hydrogen) atoms. The van der Waals surface area contributed by atoms with E-state index in [1.165, 1.54) is 0 Å². The van der Waals surface area contributed by atoms with E-state index in [-0.39, 0.29) is 0 Å². The van der Waals surface area contributed by atoms with Gasteiger partial charge >= 0.3 is 0 Å². The Balaban J connectivity index is 2.07. The number of hydrogen-bond acceptors (Lipinski definition) is 3. The summed E-state index contributed by atoms with van der Waals surface area (Å²) >= 11 is 3.45. The molecule has 0 atom stereocenters. The van der Waals surface area contributed by atoms with Gasteiger partial charge in [-0.25, -0.2) is 4.68 Å². The normalized spacial score (nSPS) is 10.6. The zero-order chi connectivity index (χ0) is 13.2. The van der Waals surface area contributed by atoms with Gasteiger partial charge in [-0.15, -0.1) is 0 Å². The number of halogens is 1. The Morgan fingerprint density at radius 1 is 1.16 bits per heavy atom. The standard InChI is InChI=1S/C14H11BrN4/c15-11-4-1-5-12(7-11)19-9-13(16)14(18-19)10-3-2-6-17-8-10/h1-9H,16H2. The lowest BCUT2D eigenvalue weighted by molar-refractivity contribution is 0.883. The van der Waals surface area contributed by atoms with Crippen LogP contribution in [-0.4, -0.2) is 14.8 Å². The third kappa shape index (κ3) is 2.37. The van der Waals surface area contributed by atoms with Crippen molar-refractivity contribution in [3.8, 4) is 16.9 Å². The maximum atomic E-state index is 6.03. The highest BCUT2D eigenvalue weighted by Crippen LogP contribution is 2.25. The van der Waals surface area contributed by atoms with Crippen LogP contribution in [0.25, 0.3) is 16.9 Å². The topological polar surface area (TPSA) is 56.7 Å². The lowest BCUT2D eigenvalue weighted by atomic mass is 10.2. The van der Waals surface area contributed by atoms with E-state index >= 15 is 0 Å². The first-order chi connectivity index (χ1) is 9.24. The van der Waals surface area contributed by atoms with Gasteiger partial charge in [0.25, 0.3) is 0 Å². The van der Waals surface area contributed by atoms with Crippen LogP contribution < -0.4 is 5.73 Å². The Morgan fingerprint density at radius 2 is 2.05 bits per heavy atom. The molecule has 0 saturated carbocycles. The predicted octanol–water partition coefficient (Wildman–Crippen LogP) is 3.28. The van der Waals surface area contributed by atoms with E-state index in [1.807, 2.05) is 42.6 Å². The molecule has 0 radical (unpaired) electrons. The van der Waals surface area contributed by atoms with Crippen molar-refractivity contribution in [3.63, 3.8) is 0 Å². The molecule has 2 aromatic heterocycles. The summed E-state index contributed by atoms with van der Waals surface area (Å²) in [4.78, 5) is 4.09. The van der Waals surface area contributed by atoms with Crippen LogP contribution in [0, 0.1) is 0 Å². The van der Waals surface area contributed by atoms with Gasteiger partial charge in [0.2, 0.25) is 0 Å². The van der Waals surface area contributed by atoms with Gasteiger partial charge in [0.1, 0.15) is 5.69 Å². The van der Waals surface area contributed by atoms with E-state index in [2.05, 4.69) is 26.0 Å². The van der Waals surface area contributed by atoms with E-state index in [0.29, 0.717) is 5.69 Å². The number of nitrogens with two attached hydrogens (primary N) is 1. The van der Waals surface area contributed by atoms with Gasteiger partial charge in [0.05, 0.1) is 17.6 Å². The van der Waals surface area contributed by atoms with E-state index in [9.17, 15) is 0 Å². The molecular formula is C14H11BrN4. The molecule has 2 heterocycles. The number of pyridine rings is 1. The molecule has 0 amide bonds. The number of nitrogen functional groups attached to an aromatic ring is 1. The van der Waals surface area contributed by atoms with Gasteiger partial charge in [0.15, 0.2) is 0 Å². The molecule has 4 nitrogen and oxygen atoms in total. The first kappa shape index (κ1) is 11.9. The summed E-state index contributed by atoms with van der Waals surface area (Å²) in [5.41, 5.74) is 9.27. The van der Waals surface area contributed by atoms with E-state index < -0.39 is 0 Å². The molecule has 5 heteroatoms. The molecule has 3 rings (SSSR count). The second-order valence-electron chi connectivity index (χ2n) is 4.10. The number of hydrogen-bond donors (Lipinski definition) is 1. The van der Waals surface area contributed by atoms with Crippen molar-refractivity contribution in [1.29, 1.82) is 0 Å². The van der Waals surface area contributed by atoms with Crippen molar-refractivity contribution >= 4 is 21.6 Å². The monoisotopic (exact) mass is 314 g/mol. The molecule has 0 aliphatic heterocycles. The fourth-order valence-electron chi connectivity index (χ4n) is 1.87. The minimum Gasteiger partial charge on any atom is -0.396 e. The molecule has 1 aromatic carbocycles. The maximum Gasteiger partial charge on any atom is 0.117 e. The second-order valence-corrected chi connectivity index (χ2v) is 5.01. The molecule has 2 N–H and O–H groups in total. The van der Waals surface area contributed by atoms with Gasteiger partial charge in [-0.05, 0) is 30.3 Å². The van der Waals surface area contributed by atoms with Crippen molar-refractivity contribution in [1.82, 2.24) is 14.8 Å². The van der Waals surface area contributed by atoms with Crippen LogP contribution in [0.5, 0.6) is 0 Å². The van der Waals surface area contributed by atoms with Crippen LogP contribution in [0.4, 0.5) is 5.69 Å². The summed E-state index contributed by atoms with van der Waals surface area (Å²) in [6, 6.07) is 11.7. The van der Waals surface area contributed by atoms with Crippen molar-refractivity contribution < 1.29 is 0 Å². The lowest BCUT2D eigenvalue weighted by Gasteiger charge is -2.01. The van der Waals surface area contributed by atoms with Crippen LogP contribution in [0.15, 0.2) is 59.5 Å². The van der Waals surface area contributed by atoms with Crippen molar-refractivity contribution in [2.75, 3.05) is 5.73 Å². The fraction of sp³-hybridized carbons (Fsp3) is 0. The molecule has 0 unspecified atom stereocenters. The van der Waals surface area contributed by atoms with Crippen LogP contribution >= 0.6 is 15.9 Å². The molecule has 0 aliphatic carbocycles. The summed E-state index contributed by atoms with van der Waals surface area (Å²) in [6.45, 7) is 0. The smallest absolute Gasteiger partial charge is 0.117 e. The molecule has 94 valence electrons. The summed E-state index contributed by atoms with van der Waals surface area (Å²) in [5, 5.41) is 4.52. The van der Waals surface area contributed by atoms with Crippen LogP contribution in [0.1, 0.15) is 0 Å². The zero-order valence-corrected chi connectivity index (χ0v) is 11.6. The highest BCUT2D eigenvalue weighted by Gasteiger charge is 2.09. The molecule has 0 spiro atoms. The van der Waals surface area contributed by atoms with Crippen molar-refractivity contribution in [3.05, 3.63) is 59.5 Å². The van der Waals surface area contributed by atoms with Crippen LogP contribution in [0.2, 0.25) is 0 Å². The number of anilines is 1. The van der Waals surface area contributed by atoms with Crippen molar-refractivity contribution in [2.45, 2.75) is 0 Å². The second kappa shape index (κ2) is 4.85. The Hall–Kier alpha value is -2.14. The van der Waals surface area contributed by atoms with E-state index in [1.54, 1.807) is 17.1 Å². The largest absolute Gasteiger partial charge is 0.396 e. The highest BCUT2D eigenvalue weighted by molar-refractivity contribution is 9.10. The SMILES string of the molecule is Nc1cn(-c2cccc(Br)c2)nc1-c1cccnc1. The minimum absolute atomic E-state index is 0.632. The third-order valence-corrected chi connectivity index (χ3v) is 3.24. The van der Waals surface area contributed by atoms with E-state index in [4.69, 9.17) is 5.73 Å². The Labute approximate surface area is 119 Å². The fourth-order valence-corrected chi connectivity index (χ4v) is 2.25. The molecule has 0 fully saturated rings. The molecule has 0 bridgehead atoms. The molecule has 0 aliphatic rings. The van der Waals surface area contributed by atoms with Gasteiger partial charge in [-0.2, -0.15) is 5.10 Å². The lowest BCUT2D eigenvalue weighted by Crippen LogP contribution is -1.94. The number of rotatable bonds is 2. The summed E-state index contributed by atoms with van der Waals surface area (Å²) in [7, 11) is 0. The summed E-state index contributed by atoms with van der Waals surface area (Å²) in [5.74, 6) is 0. The summed E-state index contributed by atoms with van der Waals surface area (Å²) < 4.78 is 2.77. The minimum atomic E-state index is 0.632. The highest BCUT2D eigenvalue weighted by atomic mass is 79.9. The van der Waals surface area contributed by atoms with Crippen LogP contribution in [-0.2, 0) is 0 Å². The van der Waals surface area contributed by atoms with E-state index in [0.717, 1.165) is 21.4 Å². The Bertz CT molecular complexity index is 706. The zero-order valence-electron chi connectivity index (χ0n) is 9.99. The Kier molecular flexibility index (Phi) is 3.05. The average Bonchev–Trinajstić information content (AvgIpc) is 2.82. The quantitative estimate of drug-likeness (QED) is 0.789. The summed E-state index contributed by atoms with van der Waals surface area (Å²) in [6.07, 6.45) is 5.29. The first-order valence-corrected chi connectivity index (χ1v) is 6.55. The third-order valence-electron chi connectivity index (χ3n) is 2.75. The molecule has 0 saturated heterocycles. The number of benzene rings is 1. The number of nitrogens with zero attached hydrogens (tertiary/aromatic N) is 3. The van der Waals surface area contributed by atoms with Gasteiger partial charge in [-0.3, -0.25) is 4.98 Å². The van der Waals surface area contributed by atoms with Crippen LogP contribution in [0.3, 0.4) is 0 Å². The molecule has 3 aromatic rings. The average molecular weight is 315 g/mol. The molecular weight excluding hydrogens is 304 g/mol. The van der Waals surface area contributed by atoms with Gasteiger partial charge in [0, 0.05) is 22.4 Å². The number of aromatic nitrogens is 3. The first-order valence-electron chi connectivity index (χ1n) is 5.75. The Morgan fingerprint density at radius 3 is 2.79 bits per heavy atom. The maximum absolute atomic E-state index is 6.03.